The molecule has 3 rings (SSSR count). The molecule has 1 atom stereocenters. The number of ketones is 1. The summed E-state index contributed by atoms with van der Waals surface area (Å²) in [4.78, 5) is 16.6. The van der Waals surface area contributed by atoms with Crippen molar-refractivity contribution < 1.29 is 14.3 Å². The van der Waals surface area contributed by atoms with Crippen LogP contribution in [-0.4, -0.2) is 30.1 Å². The molecule has 2 fully saturated rings. The SMILES string of the molecule is COc1cnccc1C(=O)C1CCOC2(CCC2)C1. The molecule has 1 aliphatic carbocycles. The second kappa shape index (κ2) is 4.93. The van der Waals surface area contributed by atoms with Crippen LogP contribution in [0.5, 0.6) is 5.75 Å². The van der Waals surface area contributed by atoms with Gasteiger partial charge in [0.25, 0.3) is 0 Å². The first-order chi connectivity index (χ1) is 9.24. The lowest BCUT2D eigenvalue weighted by Gasteiger charge is -2.46. The minimum Gasteiger partial charge on any atom is -0.494 e. The summed E-state index contributed by atoms with van der Waals surface area (Å²) in [5.41, 5.74) is 0.651. The standard InChI is InChI=1S/C15H19NO3/c1-18-13-10-16-7-3-12(13)14(17)11-4-8-19-15(9-11)5-2-6-15/h3,7,10-11H,2,4-6,8-9H2,1H3. The van der Waals surface area contributed by atoms with Gasteiger partial charge in [-0.2, -0.15) is 0 Å². The number of Topliss-reactive ketones (excluding diaryl/α,β-unsaturated/α-hetero) is 1. The normalized spacial score (nSPS) is 24.8. The first-order valence-electron chi connectivity index (χ1n) is 6.90. The van der Waals surface area contributed by atoms with Crippen LogP contribution in [0, 0.1) is 5.92 Å². The van der Waals surface area contributed by atoms with E-state index in [1.807, 2.05) is 0 Å². The highest BCUT2D eigenvalue weighted by Gasteiger charge is 2.44. The molecule has 1 saturated carbocycles. The van der Waals surface area contributed by atoms with Crippen molar-refractivity contribution in [3.63, 3.8) is 0 Å². The van der Waals surface area contributed by atoms with Crippen LogP contribution in [0.2, 0.25) is 0 Å². The van der Waals surface area contributed by atoms with Crippen LogP contribution in [0.25, 0.3) is 0 Å². The number of nitrogens with zero attached hydrogens (tertiary/aromatic N) is 1. The summed E-state index contributed by atoms with van der Waals surface area (Å²) < 4.78 is 11.1. The number of hydrogen-bond donors (Lipinski definition) is 0. The minimum absolute atomic E-state index is 0.00115. The summed E-state index contributed by atoms with van der Waals surface area (Å²) in [6.07, 6.45) is 8.34. The van der Waals surface area contributed by atoms with Gasteiger partial charge in [-0.3, -0.25) is 9.78 Å². The van der Waals surface area contributed by atoms with Crippen LogP contribution in [0.15, 0.2) is 18.5 Å². The third kappa shape index (κ3) is 2.25. The molecule has 0 radical (unpaired) electrons. The second-order valence-electron chi connectivity index (χ2n) is 5.51. The van der Waals surface area contributed by atoms with Crippen LogP contribution >= 0.6 is 0 Å². The van der Waals surface area contributed by atoms with E-state index in [-0.39, 0.29) is 17.3 Å². The highest BCUT2D eigenvalue weighted by Crippen LogP contribution is 2.45. The zero-order chi connectivity index (χ0) is 13.3. The fraction of sp³-hybridized carbons (Fsp3) is 0.600. The largest absolute Gasteiger partial charge is 0.494 e. The van der Waals surface area contributed by atoms with E-state index >= 15 is 0 Å². The Labute approximate surface area is 113 Å². The molecule has 1 aliphatic heterocycles. The van der Waals surface area contributed by atoms with Crippen molar-refractivity contribution in [2.24, 2.45) is 5.92 Å². The van der Waals surface area contributed by atoms with E-state index in [4.69, 9.17) is 9.47 Å². The van der Waals surface area contributed by atoms with Gasteiger partial charge < -0.3 is 9.47 Å². The maximum atomic E-state index is 12.6. The second-order valence-corrected chi connectivity index (χ2v) is 5.51. The Morgan fingerprint density at radius 3 is 3.05 bits per heavy atom. The molecule has 102 valence electrons. The van der Waals surface area contributed by atoms with E-state index < -0.39 is 0 Å². The highest BCUT2D eigenvalue weighted by molar-refractivity contribution is 6.00. The molecule has 1 aromatic heterocycles. The number of carbonyl (C=O) groups is 1. The summed E-state index contributed by atoms with van der Waals surface area (Å²) in [5, 5.41) is 0. The average Bonchev–Trinajstić information content (AvgIpc) is 2.45. The van der Waals surface area contributed by atoms with E-state index in [1.165, 1.54) is 6.42 Å². The zero-order valence-corrected chi connectivity index (χ0v) is 11.2. The number of pyridine rings is 1. The van der Waals surface area contributed by atoms with Crippen molar-refractivity contribution >= 4 is 5.78 Å². The quantitative estimate of drug-likeness (QED) is 0.785. The van der Waals surface area contributed by atoms with Gasteiger partial charge in [0.05, 0.1) is 24.5 Å². The molecule has 0 aromatic carbocycles. The van der Waals surface area contributed by atoms with E-state index in [0.717, 1.165) is 25.7 Å². The Hall–Kier alpha value is -1.42. The van der Waals surface area contributed by atoms with Crippen LogP contribution in [-0.2, 0) is 4.74 Å². The first kappa shape index (κ1) is 12.6. The molecular formula is C15H19NO3. The van der Waals surface area contributed by atoms with Gasteiger partial charge in [0.1, 0.15) is 5.75 Å². The topological polar surface area (TPSA) is 48.4 Å². The minimum atomic E-state index is -0.00115. The van der Waals surface area contributed by atoms with Crippen molar-refractivity contribution in [1.29, 1.82) is 0 Å². The molecule has 0 N–H and O–H groups in total. The molecule has 0 amide bonds. The maximum absolute atomic E-state index is 12.6. The lowest BCUT2D eigenvalue weighted by atomic mass is 9.70. The van der Waals surface area contributed by atoms with E-state index in [0.29, 0.717) is 17.9 Å². The van der Waals surface area contributed by atoms with Gasteiger partial charge in [-0.1, -0.05) is 0 Å². The van der Waals surface area contributed by atoms with E-state index in [9.17, 15) is 4.79 Å². The van der Waals surface area contributed by atoms with Crippen LogP contribution in [0.4, 0.5) is 0 Å². The first-order valence-corrected chi connectivity index (χ1v) is 6.90. The smallest absolute Gasteiger partial charge is 0.169 e. The maximum Gasteiger partial charge on any atom is 0.169 e. The van der Waals surface area contributed by atoms with Crippen LogP contribution < -0.4 is 4.74 Å². The number of aromatic nitrogens is 1. The summed E-state index contributed by atoms with van der Waals surface area (Å²) >= 11 is 0. The summed E-state index contributed by atoms with van der Waals surface area (Å²) in [6.45, 7) is 0.698. The van der Waals surface area contributed by atoms with Crippen molar-refractivity contribution in [2.75, 3.05) is 13.7 Å². The molecule has 2 heterocycles. The van der Waals surface area contributed by atoms with Gasteiger partial charge in [0.2, 0.25) is 0 Å². The molecule has 19 heavy (non-hydrogen) atoms. The van der Waals surface area contributed by atoms with Gasteiger partial charge in [-0.15, -0.1) is 0 Å². The lowest BCUT2D eigenvalue weighted by Crippen LogP contribution is -2.47. The third-order valence-electron chi connectivity index (χ3n) is 4.40. The number of ether oxygens (including phenoxy) is 2. The van der Waals surface area contributed by atoms with Gasteiger partial charge in [0.15, 0.2) is 5.78 Å². The van der Waals surface area contributed by atoms with E-state index in [1.54, 1.807) is 25.6 Å². The van der Waals surface area contributed by atoms with Gasteiger partial charge in [-0.25, -0.2) is 0 Å². The molecule has 1 saturated heterocycles. The van der Waals surface area contributed by atoms with Crippen LogP contribution in [0.3, 0.4) is 0 Å². The molecule has 1 unspecified atom stereocenters. The fourth-order valence-electron chi connectivity index (χ4n) is 3.14. The highest BCUT2D eigenvalue weighted by atomic mass is 16.5. The van der Waals surface area contributed by atoms with Crippen molar-refractivity contribution in [1.82, 2.24) is 4.98 Å². The van der Waals surface area contributed by atoms with Crippen molar-refractivity contribution in [2.45, 2.75) is 37.7 Å². The summed E-state index contributed by atoms with van der Waals surface area (Å²) in [6, 6.07) is 1.75. The molecule has 0 bridgehead atoms. The predicted octanol–water partition coefficient (Wildman–Crippen LogP) is 2.62. The molecule has 4 heteroatoms. The number of rotatable bonds is 3. The number of hydrogen-bond acceptors (Lipinski definition) is 4. The Bertz CT molecular complexity index is 482. The fourth-order valence-corrected chi connectivity index (χ4v) is 3.14. The molecule has 4 nitrogen and oxygen atoms in total. The molecule has 2 aliphatic rings. The Morgan fingerprint density at radius 2 is 2.37 bits per heavy atom. The Morgan fingerprint density at radius 1 is 1.53 bits per heavy atom. The van der Waals surface area contributed by atoms with Gasteiger partial charge in [-0.05, 0) is 38.2 Å². The van der Waals surface area contributed by atoms with E-state index in [2.05, 4.69) is 4.98 Å². The van der Waals surface area contributed by atoms with Gasteiger partial charge in [0, 0.05) is 18.7 Å². The Balaban J connectivity index is 1.79. The van der Waals surface area contributed by atoms with Gasteiger partial charge >= 0.3 is 0 Å². The van der Waals surface area contributed by atoms with Crippen molar-refractivity contribution in [3.8, 4) is 5.75 Å². The molecular weight excluding hydrogens is 242 g/mol. The number of carbonyl (C=O) groups excluding carboxylic acids is 1. The third-order valence-corrected chi connectivity index (χ3v) is 4.40. The van der Waals surface area contributed by atoms with Crippen molar-refractivity contribution in [3.05, 3.63) is 24.0 Å². The predicted molar refractivity (Wildman–Crippen MR) is 70.4 cm³/mol. The molecule has 1 spiro atoms. The lowest BCUT2D eigenvalue weighted by molar-refractivity contribution is -0.137. The van der Waals surface area contributed by atoms with Crippen LogP contribution in [0.1, 0.15) is 42.5 Å². The summed E-state index contributed by atoms with van der Waals surface area (Å²) in [5.74, 6) is 0.806. The molecule has 1 aromatic rings. The zero-order valence-electron chi connectivity index (χ0n) is 11.2. The monoisotopic (exact) mass is 261 g/mol. The average molecular weight is 261 g/mol. The number of methoxy groups -OCH3 is 1. The summed E-state index contributed by atoms with van der Waals surface area (Å²) in [7, 11) is 1.57. The Kier molecular flexibility index (Phi) is 3.27.